The highest BCUT2D eigenvalue weighted by atomic mass is 35.5. The first kappa shape index (κ1) is 22.4. The quantitative estimate of drug-likeness (QED) is 0.666. The summed E-state index contributed by atoms with van der Waals surface area (Å²) in [5.74, 6) is -1.01. The summed E-state index contributed by atoms with van der Waals surface area (Å²) in [7, 11) is 0. The second-order valence-corrected chi connectivity index (χ2v) is 9.82. The van der Waals surface area contributed by atoms with E-state index in [4.69, 9.17) is 11.6 Å². The molecule has 2 heterocycles. The van der Waals surface area contributed by atoms with Crippen molar-refractivity contribution in [3.8, 4) is 0 Å². The summed E-state index contributed by atoms with van der Waals surface area (Å²) in [6.45, 7) is 5.76. The third-order valence-corrected chi connectivity index (χ3v) is 7.57. The fourth-order valence-corrected chi connectivity index (χ4v) is 5.59. The Morgan fingerprint density at radius 3 is 2.53 bits per heavy atom. The number of hydrogen-bond acceptors (Lipinski definition) is 4. The van der Waals surface area contributed by atoms with Gasteiger partial charge in [0.25, 0.3) is 0 Å². The molecule has 6 nitrogen and oxygen atoms in total. The van der Waals surface area contributed by atoms with E-state index in [1.807, 2.05) is 57.2 Å². The maximum atomic E-state index is 13.4. The van der Waals surface area contributed by atoms with Crippen LogP contribution >= 0.6 is 23.4 Å². The number of urea groups is 1. The van der Waals surface area contributed by atoms with E-state index < -0.39 is 17.3 Å². The molecule has 2 unspecified atom stereocenters. The summed E-state index contributed by atoms with van der Waals surface area (Å²) in [5, 5.41) is 2.95. The second-order valence-electron chi connectivity index (χ2n) is 8.05. The van der Waals surface area contributed by atoms with Gasteiger partial charge in [-0.15, -0.1) is 11.8 Å². The lowest BCUT2D eigenvalue weighted by Gasteiger charge is -2.41. The maximum absolute atomic E-state index is 13.4. The first-order valence-corrected chi connectivity index (χ1v) is 11.6. The minimum Gasteiger partial charge on any atom is -0.324 e. The SMILES string of the molecule is CC1=C(C)C2C(=O)N(Cc3ccccc3)C(=O)N(CC(=O)Nc3cc(Cl)ccc3C)C2S1. The summed E-state index contributed by atoms with van der Waals surface area (Å²) in [6, 6.07) is 14.2. The molecule has 0 radical (unpaired) electrons. The highest BCUT2D eigenvalue weighted by molar-refractivity contribution is 8.03. The van der Waals surface area contributed by atoms with Crippen LogP contribution < -0.4 is 5.32 Å². The van der Waals surface area contributed by atoms with Crippen LogP contribution in [0, 0.1) is 12.8 Å². The minimum atomic E-state index is -0.456. The van der Waals surface area contributed by atoms with Gasteiger partial charge >= 0.3 is 6.03 Å². The Morgan fingerprint density at radius 1 is 1.09 bits per heavy atom. The lowest BCUT2D eigenvalue weighted by atomic mass is 9.95. The molecule has 1 saturated heterocycles. The molecule has 0 saturated carbocycles. The highest BCUT2D eigenvalue weighted by Crippen LogP contribution is 2.46. The first-order chi connectivity index (χ1) is 15.3. The molecular weight excluding hydrogens is 446 g/mol. The molecule has 2 aromatic rings. The number of fused-ring (bicyclic) bond motifs is 1. The highest BCUT2D eigenvalue weighted by Gasteiger charge is 2.51. The van der Waals surface area contributed by atoms with Crippen molar-refractivity contribution in [2.75, 3.05) is 11.9 Å². The van der Waals surface area contributed by atoms with Crippen LogP contribution in [0.5, 0.6) is 0 Å². The zero-order valence-corrected chi connectivity index (χ0v) is 19.7. The van der Waals surface area contributed by atoms with Crippen LogP contribution in [0.25, 0.3) is 0 Å². The van der Waals surface area contributed by atoms with Gasteiger partial charge in [0.2, 0.25) is 11.8 Å². The van der Waals surface area contributed by atoms with Crippen molar-refractivity contribution in [3.05, 3.63) is 75.2 Å². The monoisotopic (exact) mass is 469 g/mol. The maximum Gasteiger partial charge on any atom is 0.328 e. The van der Waals surface area contributed by atoms with Gasteiger partial charge < -0.3 is 10.2 Å². The standard InChI is InChI=1S/C24H24ClN3O3S/c1-14-9-10-18(25)11-19(14)26-20(29)13-28-23-21(15(2)16(3)32-23)22(30)27(24(28)31)12-17-7-5-4-6-8-17/h4-11,21,23H,12-13H2,1-3H3,(H,26,29). The average molecular weight is 470 g/mol. The Morgan fingerprint density at radius 2 is 1.81 bits per heavy atom. The van der Waals surface area contributed by atoms with Crippen LogP contribution in [-0.4, -0.2) is 39.6 Å². The second kappa shape index (κ2) is 9.00. The Labute approximate surface area is 196 Å². The number of nitrogens with one attached hydrogen (secondary N) is 1. The van der Waals surface area contributed by atoms with Gasteiger partial charge in [-0.25, -0.2) is 4.79 Å². The van der Waals surface area contributed by atoms with E-state index >= 15 is 0 Å². The van der Waals surface area contributed by atoms with Gasteiger partial charge in [0.05, 0.1) is 17.8 Å². The molecule has 4 rings (SSSR count). The predicted octanol–water partition coefficient (Wildman–Crippen LogP) is 5.03. The van der Waals surface area contributed by atoms with Crippen LogP contribution in [0.2, 0.25) is 5.02 Å². The summed E-state index contributed by atoms with van der Waals surface area (Å²) >= 11 is 7.54. The molecule has 2 aliphatic heterocycles. The summed E-state index contributed by atoms with van der Waals surface area (Å²) < 4.78 is 0. The molecule has 1 fully saturated rings. The molecule has 0 spiro atoms. The Hall–Kier alpha value is -2.77. The van der Waals surface area contributed by atoms with Crippen molar-refractivity contribution in [3.63, 3.8) is 0 Å². The van der Waals surface area contributed by atoms with Crippen molar-refractivity contribution in [2.24, 2.45) is 5.92 Å². The van der Waals surface area contributed by atoms with Crippen molar-refractivity contribution < 1.29 is 14.4 Å². The zero-order chi connectivity index (χ0) is 23.0. The minimum absolute atomic E-state index is 0.155. The normalized spacial score (nSPS) is 20.6. The number of anilines is 1. The molecule has 0 aliphatic carbocycles. The van der Waals surface area contributed by atoms with Crippen LogP contribution in [0.3, 0.4) is 0 Å². The van der Waals surface area contributed by atoms with Crippen LogP contribution in [0.1, 0.15) is 25.0 Å². The predicted molar refractivity (Wildman–Crippen MR) is 127 cm³/mol. The fourth-order valence-electron chi connectivity index (χ4n) is 3.99. The molecule has 2 atom stereocenters. The first-order valence-electron chi connectivity index (χ1n) is 10.3. The number of carbonyl (C=O) groups excluding carboxylic acids is 3. The number of nitrogens with zero attached hydrogens (tertiary/aromatic N) is 2. The van der Waals surface area contributed by atoms with E-state index in [0.29, 0.717) is 10.7 Å². The van der Waals surface area contributed by atoms with Gasteiger partial charge in [-0.1, -0.05) is 48.0 Å². The number of rotatable bonds is 5. The summed E-state index contributed by atoms with van der Waals surface area (Å²) in [4.78, 5) is 43.4. The topological polar surface area (TPSA) is 69.7 Å². The third-order valence-electron chi connectivity index (χ3n) is 5.89. The zero-order valence-electron chi connectivity index (χ0n) is 18.1. The molecule has 0 bridgehead atoms. The Balaban J connectivity index is 1.59. The molecule has 2 aromatic carbocycles. The number of allylic oxidation sites excluding steroid dienone is 1. The molecule has 166 valence electrons. The molecule has 32 heavy (non-hydrogen) atoms. The lowest BCUT2D eigenvalue weighted by molar-refractivity contribution is -0.136. The number of amides is 4. The molecule has 2 aliphatic rings. The van der Waals surface area contributed by atoms with E-state index in [2.05, 4.69) is 5.32 Å². The molecule has 1 N–H and O–H groups in total. The number of aryl methyl sites for hydroxylation is 1. The number of hydrogen-bond donors (Lipinski definition) is 1. The van der Waals surface area contributed by atoms with E-state index in [0.717, 1.165) is 21.6 Å². The van der Waals surface area contributed by atoms with E-state index in [1.165, 1.54) is 21.6 Å². The number of carbonyl (C=O) groups is 3. The van der Waals surface area contributed by atoms with Gasteiger partial charge in [0.1, 0.15) is 6.54 Å². The lowest BCUT2D eigenvalue weighted by Crippen LogP contribution is -2.60. The van der Waals surface area contributed by atoms with Crippen LogP contribution in [0.4, 0.5) is 10.5 Å². The van der Waals surface area contributed by atoms with Gasteiger partial charge in [-0.05, 0) is 54.5 Å². The number of imide groups is 1. The van der Waals surface area contributed by atoms with E-state index in [9.17, 15) is 14.4 Å². The van der Waals surface area contributed by atoms with E-state index in [-0.39, 0.29) is 24.9 Å². The Kier molecular flexibility index (Phi) is 6.31. The van der Waals surface area contributed by atoms with Crippen molar-refractivity contribution in [1.29, 1.82) is 0 Å². The van der Waals surface area contributed by atoms with Crippen molar-refractivity contribution in [1.82, 2.24) is 9.80 Å². The summed E-state index contributed by atoms with van der Waals surface area (Å²) in [5.41, 5.74) is 3.28. The van der Waals surface area contributed by atoms with Crippen LogP contribution in [0.15, 0.2) is 59.0 Å². The third kappa shape index (κ3) is 4.27. The van der Waals surface area contributed by atoms with Gasteiger partial charge in [-0.3, -0.25) is 14.5 Å². The van der Waals surface area contributed by atoms with Crippen LogP contribution in [-0.2, 0) is 16.1 Å². The molecule has 4 amide bonds. The van der Waals surface area contributed by atoms with E-state index in [1.54, 1.807) is 12.1 Å². The number of benzene rings is 2. The largest absolute Gasteiger partial charge is 0.328 e. The van der Waals surface area contributed by atoms with Crippen molar-refractivity contribution >= 4 is 46.9 Å². The number of halogens is 1. The smallest absolute Gasteiger partial charge is 0.324 e. The van der Waals surface area contributed by atoms with Gasteiger partial charge in [0.15, 0.2) is 0 Å². The van der Waals surface area contributed by atoms with Gasteiger partial charge in [0, 0.05) is 10.7 Å². The average Bonchev–Trinajstić information content (AvgIpc) is 3.06. The molecule has 0 aromatic heterocycles. The number of thioether (sulfide) groups is 1. The van der Waals surface area contributed by atoms with Gasteiger partial charge in [-0.2, -0.15) is 0 Å². The van der Waals surface area contributed by atoms with Crippen molar-refractivity contribution in [2.45, 2.75) is 32.7 Å². The Bertz CT molecular complexity index is 1120. The fraction of sp³-hybridized carbons (Fsp3) is 0.292. The molecule has 8 heteroatoms. The molecular formula is C24H24ClN3O3S. The summed E-state index contributed by atoms with van der Waals surface area (Å²) in [6.07, 6.45) is 0.